The van der Waals surface area contributed by atoms with Gasteiger partial charge in [-0.1, -0.05) is 60.7 Å². The van der Waals surface area contributed by atoms with Crippen LogP contribution in [-0.2, 0) is 9.59 Å². The van der Waals surface area contributed by atoms with Crippen molar-refractivity contribution in [3.8, 4) is 5.75 Å². The monoisotopic (exact) mass is 418 g/mol. The SMILES string of the molecule is COc1ccc(NC(C)=O)cc1NC(=O)C[NH+](C)C(c1ccccc1)c1ccccc1. The number of benzene rings is 3. The standard InChI is InChI=1S/C25H27N3O3/c1-18(29)26-21-14-15-23(31-3)22(16-21)27-24(30)17-28(2)25(19-10-6-4-7-11-19)20-12-8-5-9-13-20/h4-16,25H,17H2,1-3H3,(H,26,29)(H,27,30)/p+1. The molecular weight excluding hydrogens is 390 g/mol. The van der Waals surface area contributed by atoms with Crippen molar-refractivity contribution in [3.63, 3.8) is 0 Å². The van der Waals surface area contributed by atoms with E-state index in [1.807, 2.05) is 43.4 Å². The average Bonchev–Trinajstić information content (AvgIpc) is 2.75. The largest absolute Gasteiger partial charge is 0.495 e. The highest BCUT2D eigenvalue weighted by Crippen LogP contribution is 2.27. The topological polar surface area (TPSA) is 71.9 Å². The second-order valence-electron chi connectivity index (χ2n) is 7.42. The Kier molecular flexibility index (Phi) is 7.40. The first-order valence-corrected chi connectivity index (χ1v) is 10.2. The van der Waals surface area contributed by atoms with E-state index in [-0.39, 0.29) is 24.4 Å². The summed E-state index contributed by atoms with van der Waals surface area (Å²) in [7, 11) is 3.55. The zero-order chi connectivity index (χ0) is 22.2. The molecule has 0 bridgehead atoms. The van der Waals surface area contributed by atoms with E-state index in [4.69, 9.17) is 4.74 Å². The molecule has 160 valence electrons. The molecule has 2 amide bonds. The third-order valence-electron chi connectivity index (χ3n) is 4.99. The lowest BCUT2D eigenvalue weighted by Gasteiger charge is -2.25. The summed E-state index contributed by atoms with van der Waals surface area (Å²) in [6, 6.07) is 25.5. The number of methoxy groups -OCH3 is 1. The van der Waals surface area contributed by atoms with Gasteiger partial charge in [0.2, 0.25) is 5.91 Å². The minimum absolute atomic E-state index is 0.0146. The van der Waals surface area contributed by atoms with Gasteiger partial charge in [-0.2, -0.15) is 0 Å². The predicted molar refractivity (Wildman–Crippen MR) is 122 cm³/mol. The van der Waals surface area contributed by atoms with Crippen LogP contribution >= 0.6 is 0 Å². The van der Waals surface area contributed by atoms with Crippen LogP contribution in [0, 0.1) is 0 Å². The van der Waals surface area contributed by atoms with Crippen molar-refractivity contribution in [1.82, 2.24) is 0 Å². The number of amides is 2. The van der Waals surface area contributed by atoms with E-state index < -0.39 is 0 Å². The third-order valence-corrected chi connectivity index (χ3v) is 4.99. The van der Waals surface area contributed by atoms with E-state index in [0.29, 0.717) is 17.1 Å². The second kappa shape index (κ2) is 10.4. The van der Waals surface area contributed by atoms with Gasteiger partial charge in [-0.05, 0) is 18.2 Å². The zero-order valence-electron chi connectivity index (χ0n) is 18.0. The number of ether oxygens (including phenoxy) is 1. The van der Waals surface area contributed by atoms with E-state index in [0.717, 1.165) is 16.0 Å². The molecule has 1 atom stereocenters. The number of anilines is 2. The Morgan fingerprint density at radius 3 is 2.00 bits per heavy atom. The van der Waals surface area contributed by atoms with Crippen LogP contribution in [0.4, 0.5) is 11.4 Å². The first kappa shape index (κ1) is 22.1. The Morgan fingerprint density at radius 2 is 1.48 bits per heavy atom. The van der Waals surface area contributed by atoms with Crippen molar-refractivity contribution in [2.45, 2.75) is 13.0 Å². The van der Waals surface area contributed by atoms with Gasteiger partial charge in [0.25, 0.3) is 5.91 Å². The van der Waals surface area contributed by atoms with Gasteiger partial charge >= 0.3 is 0 Å². The van der Waals surface area contributed by atoms with Gasteiger partial charge in [0, 0.05) is 23.7 Å². The summed E-state index contributed by atoms with van der Waals surface area (Å²) in [5, 5.41) is 5.65. The molecule has 0 heterocycles. The van der Waals surface area contributed by atoms with Crippen LogP contribution in [0.15, 0.2) is 78.9 Å². The fraction of sp³-hybridized carbons (Fsp3) is 0.200. The minimum Gasteiger partial charge on any atom is -0.495 e. The van der Waals surface area contributed by atoms with E-state index in [1.54, 1.807) is 25.3 Å². The lowest BCUT2D eigenvalue weighted by Crippen LogP contribution is -3.10. The normalized spacial score (nSPS) is 11.6. The van der Waals surface area contributed by atoms with Crippen LogP contribution in [0.2, 0.25) is 0 Å². The fourth-order valence-corrected chi connectivity index (χ4v) is 3.69. The van der Waals surface area contributed by atoms with Gasteiger partial charge in [-0.3, -0.25) is 9.59 Å². The Bertz CT molecular complexity index is 983. The molecule has 31 heavy (non-hydrogen) atoms. The predicted octanol–water partition coefficient (Wildman–Crippen LogP) is 2.90. The number of carbonyl (C=O) groups excluding carboxylic acids is 2. The number of hydrogen-bond donors (Lipinski definition) is 3. The molecule has 1 unspecified atom stereocenters. The van der Waals surface area contributed by atoms with Crippen LogP contribution < -0.4 is 20.3 Å². The molecule has 0 aliphatic carbocycles. The van der Waals surface area contributed by atoms with Crippen LogP contribution in [-0.4, -0.2) is 32.5 Å². The molecule has 6 heteroatoms. The molecule has 0 saturated heterocycles. The van der Waals surface area contributed by atoms with Gasteiger partial charge in [0.15, 0.2) is 6.54 Å². The second-order valence-corrected chi connectivity index (χ2v) is 7.42. The summed E-state index contributed by atoms with van der Waals surface area (Å²) in [6.07, 6.45) is 0. The lowest BCUT2D eigenvalue weighted by atomic mass is 9.97. The van der Waals surface area contributed by atoms with Crippen molar-refractivity contribution in [3.05, 3.63) is 90.0 Å². The van der Waals surface area contributed by atoms with Crippen molar-refractivity contribution >= 4 is 23.2 Å². The number of carbonyl (C=O) groups is 2. The van der Waals surface area contributed by atoms with Gasteiger partial charge in [-0.15, -0.1) is 0 Å². The molecule has 0 radical (unpaired) electrons. The Balaban J connectivity index is 1.79. The highest BCUT2D eigenvalue weighted by atomic mass is 16.5. The molecule has 6 nitrogen and oxygen atoms in total. The Hall–Kier alpha value is -3.64. The van der Waals surface area contributed by atoms with E-state index in [2.05, 4.69) is 34.9 Å². The van der Waals surface area contributed by atoms with Gasteiger partial charge in [-0.25, -0.2) is 0 Å². The number of nitrogens with one attached hydrogen (secondary N) is 3. The van der Waals surface area contributed by atoms with Gasteiger partial charge < -0.3 is 20.3 Å². The van der Waals surface area contributed by atoms with Crippen LogP contribution in [0.3, 0.4) is 0 Å². The molecule has 0 aromatic heterocycles. The van der Waals surface area contributed by atoms with Crippen molar-refractivity contribution in [2.75, 3.05) is 31.3 Å². The third kappa shape index (κ3) is 5.93. The number of likely N-dealkylation sites (N-methyl/N-ethyl adjacent to an activating group) is 1. The average molecular weight is 419 g/mol. The molecule has 0 aliphatic rings. The Morgan fingerprint density at radius 1 is 0.903 bits per heavy atom. The molecule has 0 spiro atoms. The summed E-state index contributed by atoms with van der Waals surface area (Å²) in [6.45, 7) is 1.69. The maximum Gasteiger partial charge on any atom is 0.279 e. The van der Waals surface area contributed by atoms with Gasteiger partial charge in [0.05, 0.1) is 19.8 Å². The molecule has 0 saturated carbocycles. The first-order valence-electron chi connectivity index (χ1n) is 10.2. The molecule has 3 N–H and O–H groups in total. The maximum atomic E-state index is 12.9. The molecule has 0 aliphatic heterocycles. The zero-order valence-corrected chi connectivity index (χ0v) is 18.0. The highest BCUT2D eigenvalue weighted by molar-refractivity contribution is 5.95. The van der Waals surface area contributed by atoms with E-state index in [9.17, 15) is 9.59 Å². The van der Waals surface area contributed by atoms with Crippen LogP contribution in [0.5, 0.6) is 5.75 Å². The smallest absolute Gasteiger partial charge is 0.279 e. The minimum atomic E-state index is -0.180. The lowest BCUT2D eigenvalue weighted by molar-refractivity contribution is -0.897. The summed E-state index contributed by atoms with van der Waals surface area (Å²) < 4.78 is 5.36. The van der Waals surface area contributed by atoms with Crippen molar-refractivity contribution < 1.29 is 19.2 Å². The van der Waals surface area contributed by atoms with Gasteiger partial charge in [0.1, 0.15) is 11.8 Å². The quantitative estimate of drug-likeness (QED) is 0.527. The van der Waals surface area contributed by atoms with Crippen LogP contribution in [0.25, 0.3) is 0 Å². The summed E-state index contributed by atoms with van der Waals surface area (Å²) >= 11 is 0. The fourth-order valence-electron chi connectivity index (χ4n) is 3.69. The number of hydrogen-bond acceptors (Lipinski definition) is 3. The molecular formula is C25H28N3O3+. The van der Waals surface area contributed by atoms with Crippen molar-refractivity contribution in [2.24, 2.45) is 0 Å². The summed E-state index contributed by atoms with van der Waals surface area (Å²) in [5.41, 5.74) is 3.40. The van der Waals surface area contributed by atoms with E-state index >= 15 is 0 Å². The number of rotatable bonds is 8. The van der Waals surface area contributed by atoms with Crippen molar-refractivity contribution in [1.29, 1.82) is 0 Å². The highest BCUT2D eigenvalue weighted by Gasteiger charge is 2.25. The number of quaternary nitrogens is 1. The molecule has 3 aromatic rings. The molecule has 3 aromatic carbocycles. The molecule has 0 fully saturated rings. The summed E-state index contributed by atoms with van der Waals surface area (Å²) in [5.74, 6) is 0.204. The van der Waals surface area contributed by atoms with Crippen LogP contribution in [0.1, 0.15) is 24.1 Å². The molecule has 3 rings (SSSR count). The summed E-state index contributed by atoms with van der Waals surface area (Å²) in [4.78, 5) is 25.3. The maximum absolute atomic E-state index is 12.9. The first-order chi connectivity index (χ1) is 15.0. The van der Waals surface area contributed by atoms with E-state index in [1.165, 1.54) is 6.92 Å². The Labute approximate surface area is 182 Å².